The Bertz CT molecular complexity index is 215. The van der Waals surface area contributed by atoms with Crippen LogP contribution in [0.3, 0.4) is 0 Å². The number of carboxylic acids is 1. The zero-order valence-electron chi connectivity index (χ0n) is 8.16. The summed E-state index contributed by atoms with van der Waals surface area (Å²) in [4.78, 5) is 21.1. The van der Waals surface area contributed by atoms with Gasteiger partial charge in [-0.15, -0.1) is 0 Å². The monoisotopic (exact) mass is 201 g/mol. The largest absolute Gasteiger partial charge is 0.481 e. The van der Waals surface area contributed by atoms with Crippen LogP contribution in [0.4, 0.5) is 4.79 Å². The Morgan fingerprint density at radius 2 is 2.29 bits per heavy atom. The van der Waals surface area contributed by atoms with Gasteiger partial charge in [0, 0.05) is 13.0 Å². The van der Waals surface area contributed by atoms with Crippen molar-refractivity contribution in [1.82, 2.24) is 5.32 Å². The summed E-state index contributed by atoms with van der Waals surface area (Å²) in [5.41, 5.74) is 0. The number of carbonyl (C=O) groups is 2. The molecule has 0 heterocycles. The summed E-state index contributed by atoms with van der Waals surface area (Å²) in [6, 6.07) is 0. The van der Waals surface area contributed by atoms with Gasteiger partial charge in [-0.1, -0.05) is 19.6 Å². The van der Waals surface area contributed by atoms with Gasteiger partial charge in [0.25, 0.3) is 0 Å². The molecule has 0 aliphatic heterocycles. The second kappa shape index (κ2) is 6.94. The highest BCUT2D eigenvalue weighted by Gasteiger charge is 2.09. The van der Waals surface area contributed by atoms with Gasteiger partial charge in [-0.3, -0.25) is 4.79 Å². The number of carbonyl (C=O) groups excluding carboxylic acids is 1. The van der Waals surface area contributed by atoms with Crippen LogP contribution in [0, 0.1) is 5.92 Å². The normalized spacial score (nSPS) is 11.5. The minimum absolute atomic E-state index is 0.0295. The van der Waals surface area contributed by atoms with Gasteiger partial charge in [0.2, 0.25) is 0 Å². The lowest BCUT2D eigenvalue weighted by Gasteiger charge is -2.09. The first kappa shape index (κ1) is 12.5. The van der Waals surface area contributed by atoms with Gasteiger partial charge in [0.15, 0.2) is 0 Å². The number of ether oxygens (including phenoxy) is 1. The molecule has 0 aromatic heterocycles. The van der Waals surface area contributed by atoms with E-state index in [4.69, 9.17) is 5.11 Å². The molecule has 1 amide bonds. The molecule has 0 saturated heterocycles. The first-order chi connectivity index (χ1) is 6.56. The van der Waals surface area contributed by atoms with Gasteiger partial charge in [-0.05, 0) is 5.92 Å². The molecule has 0 spiro atoms. The number of alkyl carbamates (subject to hydrolysis) is 1. The predicted molar refractivity (Wildman–Crippen MR) is 51.0 cm³/mol. The molecule has 0 saturated carbocycles. The van der Waals surface area contributed by atoms with Crippen LogP contribution in [0.1, 0.15) is 13.3 Å². The van der Waals surface area contributed by atoms with Crippen LogP contribution < -0.4 is 5.32 Å². The van der Waals surface area contributed by atoms with E-state index < -0.39 is 12.1 Å². The molecule has 0 aliphatic rings. The van der Waals surface area contributed by atoms with Crippen molar-refractivity contribution < 1.29 is 19.4 Å². The summed E-state index contributed by atoms with van der Waals surface area (Å²) >= 11 is 0. The summed E-state index contributed by atoms with van der Waals surface area (Å²) in [6.45, 7) is 5.57. The molecule has 0 aromatic carbocycles. The Hall–Kier alpha value is -1.52. The quantitative estimate of drug-likeness (QED) is 0.629. The summed E-state index contributed by atoms with van der Waals surface area (Å²) in [5, 5.41) is 10.9. The van der Waals surface area contributed by atoms with Crippen molar-refractivity contribution in [2.75, 3.05) is 13.2 Å². The average Bonchev–Trinajstić information content (AvgIpc) is 2.10. The van der Waals surface area contributed by atoms with Gasteiger partial charge >= 0.3 is 12.1 Å². The highest BCUT2D eigenvalue weighted by molar-refractivity contribution is 5.68. The minimum atomic E-state index is -0.876. The average molecular weight is 201 g/mol. The van der Waals surface area contributed by atoms with Crippen LogP contribution in [0.2, 0.25) is 0 Å². The molecular formula is C9H15NO4. The molecule has 2 N–H and O–H groups in total. The first-order valence-electron chi connectivity index (χ1n) is 4.29. The van der Waals surface area contributed by atoms with Gasteiger partial charge < -0.3 is 15.2 Å². The number of rotatable bonds is 6. The maximum Gasteiger partial charge on any atom is 0.407 e. The van der Waals surface area contributed by atoms with Crippen LogP contribution in [-0.4, -0.2) is 30.3 Å². The van der Waals surface area contributed by atoms with Crippen LogP contribution in [0.5, 0.6) is 0 Å². The SMILES string of the molecule is C=CCOC(=O)NC[C@@H](C)CC(=O)O. The zero-order chi connectivity index (χ0) is 11.0. The first-order valence-corrected chi connectivity index (χ1v) is 4.29. The van der Waals surface area contributed by atoms with E-state index in [9.17, 15) is 9.59 Å². The molecule has 14 heavy (non-hydrogen) atoms. The van der Waals surface area contributed by atoms with E-state index in [0.29, 0.717) is 6.54 Å². The number of carboxylic acid groups (broad SMARTS) is 1. The standard InChI is InChI=1S/C9H15NO4/c1-3-4-14-9(13)10-6-7(2)5-8(11)12/h3,7H,1,4-6H2,2H3,(H,10,13)(H,11,12)/t7-/m0/s1. The molecule has 0 aromatic rings. The van der Waals surface area contributed by atoms with Crippen molar-refractivity contribution in [3.05, 3.63) is 12.7 Å². The van der Waals surface area contributed by atoms with Gasteiger partial charge in [0.05, 0.1) is 0 Å². The zero-order valence-corrected chi connectivity index (χ0v) is 8.16. The second-order valence-corrected chi connectivity index (χ2v) is 2.97. The Morgan fingerprint density at radius 3 is 2.79 bits per heavy atom. The van der Waals surface area contributed by atoms with Gasteiger partial charge in [-0.25, -0.2) is 4.79 Å². The van der Waals surface area contributed by atoms with Gasteiger partial charge in [0.1, 0.15) is 6.61 Å². The van der Waals surface area contributed by atoms with E-state index in [0.717, 1.165) is 0 Å². The van der Waals surface area contributed by atoms with Crippen LogP contribution in [0.15, 0.2) is 12.7 Å². The topological polar surface area (TPSA) is 75.6 Å². The molecule has 80 valence electrons. The maximum atomic E-state index is 10.9. The minimum Gasteiger partial charge on any atom is -0.481 e. The Labute approximate surface area is 82.7 Å². The Balaban J connectivity index is 3.55. The van der Waals surface area contributed by atoms with Crippen molar-refractivity contribution in [2.45, 2.75) is 13.3 Å². The van der Waals surface area contributed by atoms with Crippen molar-refractivity contribution >= 4 is 12.1 Å². The van der Waals surface area contributed by atoms with Crippen molar-refractivity contribution in [3.63, 3.8) is 0 Å². The summed E-state index contributed by atoms with van der Waals surface area (Å²) < 4.78 is 4.63. The van der Waals surface area contributed by atoms with Crippen molar-refractivity contribution in [2.24, 2.45) is 5.92 Å². The second-order valence-electron chi connectivity index (χ2n) is 2.97. The molecule has 1 atom stereocenters. The highest BCUT2D eigenvalue weighted by Crippen LogP contribution is 1.99. The molecular weight excluding hydrogens is 186 g/mol. The summed E-state index contributed by atoms with van der Waals surface area (Å²) in [7, 11) is 0. The van der Waals surface area contributed by atoms with E-state index in [2.05, 4.69) is 16.6 Å². The molecule has 0 radical (unpaired) electrons. The number of amides is 1. The Morgan fingerprint density at radius 1 is 1.64 bits per heavy atom. The fourth-order valence-corrected chi connectivity index (χ4v) is 0.813. The van der Waals surface area contributed by atoms with Crippen LogP contribution >= 0.6 is 0 Å². The number of hydrogen-bond acceptors (Lipinski definition) is 3. The number of aliphatic carboxylic acids is 1. The molecule has 0 aliphatic carbocycles. The van der Waals surface area contributed by atoms with E-state index in [1.54, 1.807) is 6.92 Å². The highest BCUT2D eigenvalue weighted by atomic mass is 16.5. The smallest absolute Gasteiger partial charge is 0.407 e. The molecule has 5 nitrogen and oxygen atoms in total. The maximum absolute atomic E-state index is 10.9. The van der Waals surface area contributed by atoms with Crippen molar-refractivity contribution in [3.8, 4) is 0 Å². The summed E-state index contributed by atoms with van der Waals surface area (Å²) in [5.74, 6) is -0.984. The van der Waals surface area contributed by atoms with Crippen LogP contribution in [-0.2, 0) is 9.53 Å². The molecule has 0 fully saturated rings. The lowest BCUT2D eigenvalue weighted by molar-refractivity contribution is -0.137. The number of nitrogens with one attached hydrogen (secondary N) is 1. The third-order valence-electron chi connectivity index (χ3n) is 1.45. The Kier molecular flexibility index (Phi) is 6.19. The third kappa shape index (κ3) is 7.15. The fourth-order valence-electron chi connectivity index (χ4n) is 0.813. The van der Waals surface area contributed by atoms with E-state index in [1.807, 2.05) is 0 Å². The molecule has 0 unspecified atom stereocenters. The number of hydrogen-bond donors (Lipinski definition) is 2. The summed E-state index contributed by atoms with van der Waals surface area (Å²) in [6.07, 6.45) is 0.935. The lowest BCUT2D eigenvalue weighted by Crippen LogP contribution is -2.29. The van der Waals surface area contributed by atoms with Crippen molar-refractivity contribution in [1.29, 1.82) is 0 Å². The van der Waals surface area contributed by atoms with E-state index in [-0.39, 0.29) is 18.9 Å². The predicted octanol–water partition coefficient (Wildman–Crippen LogP) is 1.01. The fraction of sp³-hybridized carbons (Fsp3) is 0.556. The van der Waals surface area contributed by atoms with Gasteiger partial charge in [-0.2, -0.15) is 0 Å². The molecule has 0 rings (SSSR count). The molecule has 0 bridgehead atoms. The van der Waals surface area contributed by atoms with E-state index in [1.165, 1.54) is 6.08 Å². The lowest BCUT2D eigenvalue weighted by atomic mass is 10.1. The van der Waals surface area contributed by atoms with Crippen LogP contribution in [0.25, 0.3) is 0 Å². The molecule has 5 heteroatoms. The van der Waals surface area contributed by atoms with E-state index >= 15 is 0 Å². The third-order valence-corrected chi connectivity index (χ3v) is 1.45.